The lowest BCUT2D eigenvalue weighted by molar-refractivity contribution is -0.384. The Hall–Kier alpha value is -2.93. The molecule has 0 fully saturated rings. The number of hydrogen-bond acceptors (Lipinski definition) is 4. The molecular weight excluding hydrogens is 320 g/mol. The predicted octanol–water partition coefficient (Wildman–Crippen LogP) is 3.05. The van der Waals surface area contributed by atoms with Gasteiger partial charge in [0.1, 0.15) is 5.82 Å². The average molecular weight is 331 g/mol. The number of carbonyl (C=O) groups is 1. The number of H-pyrrole nitrogens is 1. The molecule has 3 aromatic rings. The third kappa shape index (κ3) is 3.29. The van der Waals surface area contributed by atoms with E-state index < -0.39 is 4.92 Å². The zero-order valence-corrected chi connectivity index (χ0v) is 12.5. The number of rotatable bonds is 4. The summed E-state index contributed by atoms with van der Waals surface area (Å²) in [7, 11) is 0. The number of imidazole rings is 1. The Labute approximate surface area is 135 Å². The summed E-state index contributed by atoms with van der Waals surface area (Å²) in [6.07, 6.45) is 0. The van der Waals surface area contributed by atoms with Gasteiger partial charge in [-0.15, -0.1) is 0 Å². The minimum Gasteiger partial charge on any atom is -0.345 e. The summed E-state index contributed by atoms with van der Waals surface area (Å²) in [5.74, 6) is 0.260. The first-order valence-electron chi connectivity index (χ1n) is 6.70. The smallest absolute Gasteiger partial charge is 0.271 e. The summed E-state index contributed by atoms with van der Waals surface area (Å²) in [5.41, 5.74) is 1.63. The molecule has 0 saturated heterocycles. The number of carbonyl (C=O) groups excluding carboxylic acids is 1. The van der Waals surface area contributed by atoms with Crippen molar-refractivity contribution in [2.24, 2.45) is 0 Å². The van der Waals surface area contributed by atoms with Gasteiger partial charge in [-0.2, -0.15) is 0 Å². The van der Waals surface area contributed by atoms with Crippen molar-refractivity contribution in [1.82, 2.24) is 15.3 Å². The van der Waals surface area contributed by atoms with E-state index in [-0.39, 0.29) is 18.1 Å². The average Bonchev–Trinajstić information content (AvgIpc) is 2.95. The van der Waals surface area contributed by atoms with Gasteiger partial charge in [0.05, 0.1) is 22.5 Å². The molecule has 8 heteroatoms. The van der Waals surface area contributed by atoms with E-state index in [1.807, 2.05) is 0 Å². The van der Waals surface area contributed by atoms with E-state index in [2.05, 4.69) is 15.3 Å². The van der Waals surface area contributed by atoms with Gasteiger partial charge in [0, 0.05) is 22.7 Å². The van der Waals surface area contributed by atoms with Crippen LogP contribution in [0.3, 0.4) is 0 Å². The van der Waals surface area contributed by atoms with Crippen LogP contribution in [0.15, 0.2) is 42.5 Å². The molecule has 0 saturated carbocycles. The van der Waals surface area contributed by atoms with Gasteiger partial charge in [-0.1, -0.05) is 11.6 Å². The zero-order chi connectivity index (χ0) is 16.4. The van der Waals surface area contributed by atoms with Crippen LogP contribution in [-0.2, 0) is 6.54 Å². The Kier molecular flexibility index (Phi) is 3.94. The maximum absolute atomic E-state index is 12.0. The van der Waals surface area contributed by atoms with Gasteiger partial charge in [-0.25, -0.2) is 4.98 Å². The molecule has 0 aliphatic heterocycles. The van der Waals surface area contributed by atoms with E-state index in [9.17, 15) is 14.9 Å². The van der Waals surface area contributed by atoms with Crippen molar-refractivity contribution in [3.05, 3.63) is 69.0 Å². The number of nitrogens with one attached hydrogen (secondary N) is 2. The Bertz CT molecular complexity index is 889. The second-order valence-corrected chi connectivity index (χ2v) is 5.27. The van der Waals surface area contributed by atoms with E-state index >= 15 is 0 Å². The first-order valence-corrected chi connectivity index (χ1v) is 7.07. The van der Waals surface area contributed by atoms with Crippen LogP contribution in [-0.4, -0.2) is 20.8 Å². The SMILES string of the molecule is O=C(NCc1nc2ccc([N+](=O)[O-])cc2[nH]1)c1ccc(Cl)cc1. The molecule has 0 spiro atoms. The van der Waals surface area contributed by atoms with Gasteiger partial charge in [0.2, 0.25) is 0 Å². The van der Waals surface area contributed by atoms with Gasteiger partial charge in [-0.3, -0.25) is 14.9 Å². The Morgan fingerprint density at radius 1 is 1.26 bits per heavy atom. The summed E-state index contributed by atoms with van der Waals surface area (Å²) < 4.78 is 0. The van der Waals surface area contributed by atoms with E-state index in [0.717, 1.165) is 0 Å². The van der Waals surface area contributed by atoms with Crippen molar-refractivity contribution in [1.29, 1.82) is 0 Å². The normalized spacial score (nSPS) is 10.7. The molecule has 116 valence electrons. The van der Waals surface area contributed by atoms with Crippen molar-refractivity contribution in [3.8, 4) is 0 Å². The third-order valence-corrected chi connectivity index (χ3v) is 3.50. The number of amides is 1. The Morgan fingerprint density at radius 2 is 2.00 bits per heavy atom. The van der Waals surface area contributed by atoms with Gasteiger partial charge in [0.25, 0.3) is 11.6 Å². The largest absolute Gasteiger partial charge is 0.345 e. The summed E-state index contributed by atoms with van der Waals surface area (Å²) >= 11 is 5.77. The number of halogens is 1. The molecule has 2 aromatic carbocycles. The summed E-state index contributed by atoms with van der Waals surface area (Å²) in [5, 5.41) is 14.0. The second kappa shape index (κ2) is 6.05. The lowest BCUT2D eigenvalue weighted by atomic mass is 10.2. The van der Waals surface area contributed by atoms with Crippen molar-refractivity contribution in [3.63, 3.8) is 0 Å². The number of fused-ring (bicyclic) bond motifs is 1. The first kappa shape index (κ1) is 15.0. The number of aromatic nitrogens is 2. The predicted molar refractivity (Wildman–Crippen MR) is 85.4 cm³/mol. The van der Waals surface area contributed by atoms with E-state index in [4.69, 9.17) is 11.6 Å². The first-order chi connectivity index (χ1) is 11.0. The molecule has 0 aliphatic rings. The number of benzene rings is 2. The van der Waals surface area contributed by atoms with Crippen molar-refractivity contribution < 1.29 is 9.72 Å². The van der Waals surface area contributed by atoms with Gasteiger partial charge in [-0.05, 0) is 30.3 Å². The molecule has 0 aliphatic carbocycles. The summed E-state index contributed by atoms with van der Waals surface area (Å²) in [6.45, 7) is 0.184. The van der Waals surface area contributed by atoms with E-state index in [0.29, 0.717) is 27.4 Å². The van der Waals surface area contributed by atoms with Crippen molar-refractivity contribution >= 4 is 34.2 Å². The quantitative estimate of drug-likeness (QED) is 0.567. The van der Waals surface area contributed by atoms with Crippen LogP contribution in [0.25, 0.3) is 11.0 Å². The van der Waals surface area contributed by atoms with Gasteiger partial charge < -0.3 is 10.3 Å². The Balaban J connectivity index is 1.72. The standard InChI is InChI=1S/C15H11ClN4O3/c16-10-3-1-9(2-4-10)15(21)17-8-14-18-12-6-5-11(20(22)23)7-13(12)19-14/h1-7H,8H2,(H,17,21)(H,18,19). The minimum absolute atomic E-state index is 0.0158. The fourth-order valence-electron chi connectivity index (χ4n) is 2.12. The van der Waals surface area contributed by atoms with E-state index in [1.165, 1.54) is 12.1 Å². The third-order valence-electron chi connectivity index (χ3n) is 3.25. The van der Waals surface area contributed by atoms with Crippen LogP contribution in [0.4, 0.5) is 5.69 Å². The number of hydrogen-bond donors (Lipinski definition) is 2. The molecule has 7 nitrogen and oxygen atoms in total. The molecule has 0 atom stereocenters. The molecule has 23 heavy (non-hydrogen) atoms. The lowest BCUT2D eigenvalue weighted by Crippen LogP contribution is -2.23. The van der Waals surface area contributed by atoms with Crippen molar-refractivity contribution in [2.75, 3.05) is 0 Å². The van der Waals surface area contributed by atoms with Gasteiger partial charge in [0.15, 0.2) is 0 Å². The molecular formula is C15H11ClN4O3. The minimum atomic E-state index is -0.470. The number of nitro groups is 1. The molecule has 3 rings (SSSR count). The number of non-ortho nitro benzene ring substituents is 1. The number of nitrogens with zero attached hydrogens (tertiary/aromatic N) is 2. The van der Waals surface area contributed by atoms with Crippen LogP contribution in [0.2, 0.25) is 5.02 Å². The maximum atomic E-state index is 12.0. The second-order valence-electron chi connectivity index (χ2n) is 4.83. The van der Waals surface area contributed by atoms with Crippen LogP contribution >= 0.6 is 11.6 Å². The van der Waals surface area contributed by atoms with E-state index in [1.54, 1.807) is 30.3 Å². The highest BCUT2D eigenvalue weighted by Gasteiger charge is 2.11. The zero-order valence-electron chi connectivity index (χ0n) is 11.7. The molecule has 1 amide bonds. The molecule has 1 aromatic heterocycles. The highest BCUT2D eigenvalue weighted by molar-refractivity contribution is 6.30. The van der Waals surface area contributed by atoms with Crippen molar-refractivity contribution in [2.45, 2.75) is 6.54 Å². The van der Waals surface area contributed by atoms with Gasteiger partial charge >= 0.3 is 0 Å². The molecule has 2 N–H and O–H groups in total. The lowest BCUT2D eigenvalue weighted by Gasteiger charge is -2.03. The highest BCUT2D eigenvalue weighted by Crippen LogP contribution is 2.18. The fourth-order valence-corrected chi connectivity index (χ4v) is 2.24. The molecule has 1 heterocycles. The van der Waals surface area contributed by atoms with Crippen LogP contribution in [0.1, 0.15) is 16.2 Å². The molecule has 0 bridgehead atoms. The maximum Gasteiger partial charge on any atom is 0.271 e. The summed E-state index contributed by atoms with van der Waals surface area (Å²) in [6, 6.07) is 10.9. The van der Waals surface area contributed by atoms with Crippen LogP contribution < -0.4 is 5.32 Å². The molecule has 0 radical (unpaired) electrons. The summed E-state index contributed by atoms with van der Waals surface area (Å²) in [4.78, 5) is 29.5. The Morgan fingerprint density at radius 3 is 2.70 bits per heavy atom. The topological polar surface area (TPSA) is 101 Å². The van der Waals surface area contributed by atoms with Crippen LogP contribution in [0.5, 0.6) is 0 Å². The molecule has 0 unspecified atom stereocenters. The number of nitro benzene ring substituents is 1. The highest BCUT2D eigenvalue weighted by atomic mass is 35.5. The van der Waals surface area contributed by atoms with Crippen LogP contribution in [0, 0.1) is 10.1 Å². The monoisotopic (exact) mass is 330 g/mol. The fraction of sp³-hybridized carbons (Fsp3) is 0.0667. The number of aromatic amines is 1.